The summed E-state index contributed by atoms with van der Waals surface area (Å²) in [5, 5.41) is 5.05. The summed E-state index contributed by atoms with van der Waals surface area (Å²) in [5.74, 6) is -0.443. The molecule has 1 aromatic carbocycles. The number of carbonyl (C=O) groups is 3. The molecule has 0 aliphatic heterocycles. The molecule has 0 aromatic heterocycles. The van der Waals surface area contributed by atoms with Gasteiger partial charge in [-0.1, -0.05) is 13.8 Å². The van der Waals surface area contributed by atoms with Crippen LogP contribution in [-0.2, 0) is 9.53 Å². The summed E-state index contributed by atoms with van der Waals surface area (Å²) in [7, 11) is 0. The van der Waals surface area contributed by atoms with Crippen molar-refractivity contribution in [3.8, 4) is 0 Å². The number of amides is 3. The highest BCUT2D eigenvalue weighted by Crippen LogP contribution is 2.10. The molecule has 0 heterocycles. The van der Waals surface area contributed by atoms with Crippen molar-refractivity contribution in [2.45, 2.75) is 20.3 Å². The second-order valence-corrected chi connectivity index (χ2v) is 5.18. The molecule has 0 aliphatic carbocycles. The number of rotatable bonds is 7. The van der Waals surface area contributed by atoms with Crippen LogP contribution in [0.5, 0.6) is 0 Å². The summed E-state index contributed by atoms with van der Waals surface area (Å²) in [6.07, 6.45) is 0.869. The smallest absolute Gasteiger partial charge is 0.338 e. The molecule has 1 aromatic rings. The van der Waals surface area contributed by atoms with E-state index in [1.807, 2.05) is 0 Å². The Balaban J connectivity index is 2.38. The number of carbonyl (C=O) groups excluding carboxylic acids is 3. The van der Waals surface area contributed by atoms with E-state index in [-0.39, 0.29) is 18.1 Å². The predicted octanol–water partition coefficient (Wildman–Crippen LogP) is 1.50. The van der Waals surface area contributed by atoms with Crippen LogP contribution < -0.4 is 16.4 Å². The molecule has 0 aliphatic rings. The molecule has 0 radical (unpaired) electrons. The van der Waals surface area contributed by atoms with Crippen molar-refractivity contribution in [1.82, 2.24) is 5.32 Å². The van der Waals surface area contributed by atoms with Crippen LogP contribution in [-0.4, -0.2) is 31.1 Å². The quantitative estimate of drug-likeness (QED) is 0.663. The zero-order valence-corrected chi connectivity index (χ0v) is 12.7. The molecule has 0 saturated carbocycles. The number of nitrogens with two attached hydrogens (primary N) is 1. The topological polar surface area (TPSA) is 111 Å². The number of primary amides is 1. The van der Waals surface area contributed by atoms with Crippen LogP contribution >= 0.6 is 0 Å². The second kappa shape index (κ2) is 8.66. The lowest BCUT2D eigenvalue weighted by molar-refractivity contribution is -0.124. The SMILES string of the molecule is CC(C)CCNC(=O)COC(=O)c1ccc(NC(N)=O)cc1. The lowest BCUT2D eigenvalue weighted by atomic mass is 10.1. The first kappa shape index (κ1) is 17.5. The molecule has 0 bridgehead atoms. The third kappa shape index (κ3) is 6.74. The zero-order chi connectivity index (χ0) is 16.5. The maximum absolute atomic E-state index is 11.8. The molecule has 3 amide bonds. The van der Waals surface area contributed by atoms with E-state index in [4.69, 9.17) is 10.5 Å². The van der Waals surface area contributed by atoms with E-state index in [2.05, 4.69) is 24.5 Å². The number of hydrogen-bond donors (Lipinski definition) is 3. The van der Waals surface area contributed by atoms with Crippen molar-refractivity contribution in [3.05, 3.63) is 29.8 Å². The molecule has 7 heteroatoms. The lowest BCUT2D eigenvalue weighted by Crippen LogP contribution is -2.30. The normalized spacial score (nSPS) is 10.1. The maximum Gasteiger partial charge on any atom is 0.338 e. The first-order valence-corrected chi connectivity index (χ1v) is 6.99. The van der Waals surface area contributed by atoms with E-state index in [9.17, 15) is 14.4 Å². The van der Waals surface area contributed by atoms with Gasteiger partial charge in [-0.15, -0.1) is 0 Å². The summed E-state index contributed by atoms with van der Waals surface area (Å²) in [4.78, 5) is 33.9. The average Bonchev–Trinajstić information content (AvgIpc) is 2.44. The van der Waals surface area contributed by atoms with Gasteiger partial charge >= 0.3 is 12.0 Å². The fourth-order valence-electron chi connectivity index (χ4n) is 1.60. The molecule has 7 nitrogen and oxygen atoms in total. The molecule has 0 fully saturated rings. The van der Waals surface area contributed by atoms with Gasteiger partial charge in [0.05, 0.1) is 5.56 Å². The first-order valence-electron chi connectivity index (χ1n) is 6.99. The number of anilines is 1. The minimum Gasteiger partial charge on any atom is -0.452 e. The van der Waals surface area contributed by atoms with Crippen LogP contribution in [0.2, 0.25) is 0 Å². The molecule has 22 heavy (non-hydrogen) atoms. The van der Waals surface area contributed by atoms with Gasteiger partial charge in [-0.2, -0.15) is 0 Å². The number of hydrogen-bond acceptors (Lipinski definition) is 4. The standard InChI is InChI=1S/C15H21N3O4/c1-10(2)7-8-17-13(19)9-22-14(20)11-3-5-12(6-4-11)18-15(16)21/h3-6,10H,7-9H2,1-2H3,(H,17,19)(H3,16,18,21). The van der Waals surface area contributed by atoms with Crippen molar-refractivity contribution in [1.29, 1.82) is 0 Å². The van der Waals surface area contributed by atoms with E-state index >= 15 is 0 Å². The van der Waals surface area contributed by atoms with Gasteiger partial charge < -0.3 is 21.1 Å². The largest absolute Gasteiger partial charge is 0.452 e. The Morgan fingerprint density at radius 2 is 1.82 bits per heavy atom. The Morgan fingerprint density at radius 1 is 1.18 bits per heavy atom. The minimum absolute atomic E-state index is 0.282. The highest BCUT2D eigenvalue weighted by atomic mass is 16.5. The van der Waals surface area contributed by atoms with Gasteiger partial charge in [0.1, 0.15) is 0 Å². The Labute approximate surface area is 129 Å². The fraction of sp³-hybridized carbons (Fsp3) is 0.400. The van der Waals surface area contributed by atoms with Crippen molar-refractivity contribution in [2.24, 2.45) is 11.7 Å². The number of urea groups is 1. The predicted molar refractivity (Wildman–Crippen MR) is 82.4 cm³/mol. The van der Waals surface area contributed by atoms with Gasteiger partial charge in [0, 0.05) is 12.2 Å². The monoisotopic (exact) mass is 307 g/mol. The Kier molecular flexibility index (Phi) is 6.88. The van der Waals surface area contributed by atoms with Crippen LogP contribution in [0.1, 0.15) is 30.6 Å². The van der Waals surface area contributed by atoms with E-state index < -0.39 is 12.0 Å². The molecule has 0 saturated heterocycles. The van der Waals surface area contributed by atoms with Gasteiger partial charge in [0.15, 0.2) is 6.61 Å². The Bertz CT molecular complexity index is 526. The number of nitrogens with one attached hydrogen (secondary N) is 2. The molecule has 120 valence electrons. The van der Waals surface area contributed by atoms with Gasteiger partial charge in [-0.25, -0.2) is 9.59 Å². The molecule has 0 unspecified atom stereocenters. The van der Waals surface area contributed by atoms with E-state index in [0.717, 1.165) is 6.42 Å². The molecular formula is C15H21N3O4. The highest BCUT2D eigenvalue weighted by molar-refractivity contribution is 5.93. The van der Waals surface area contributed by atoms with Crippen LogP contribution in [0.15, 0.2) is 24.3 Å². The van der Waals surface area contributed by atoms with Gasteiger partial charge in [0.25, 0.3) is 5.91 Å². The Hall–Kier alpha value is -2.57. The third-order valence-corrected chi connectivity index (χ3v) is 2.77. The molecule has 1 rings (SSSR count). The van der Waals surface area contributed by atoms with Crippen LogP contribution in [0.3, 0.4) is 0 Å². The van der Waals surface area contributed by atoms with Gasteiger partial charge in [-0.3, -0.25) is 4.79 Å². The average molecular weight is 307 g/mol. The van der Waals surface area contributed by atoms with E-state index in [1.165, 1.54) is 24.3 Å². The third-order valence-electron chi connectivity index (χ3n) is 2.77. The minimum atomic E-state index is -0.687. The summed E-state index contributed by atoms with van der Waals surface area (Å²) in [6.45, 7) is 4.35. The summed E-state index contributed by atoms with van der Waals surface area (Å²) in [6, 6.07) is 5.30. The summed E-state index contributed by atoms with van der Waals surface area (Å²) < 4.78 is 4.91. The lowest BCUT2D eigenvalue weighted by Gasteiger charge is -2.08. The van der Waals surface area contributed by atoms with Crippen molar-refractivity contribution < 1.29 is 19.1 Å². The summed E-state index contributed by atoms with van der Waals surface area (Å²) in [5.41, 5.74) is 5.73. The number of ether oxygens (including phenoxy) is 1. The summed E-state index contributed by atoms with van der Waals surface area (Å²) >= 11 is 0. The van der Waals surface area contributed by atoms with Crippen molar-refractivity contribution in [3.63, 3.8) is 0 Å². The molecular weight excluding hydrogens is 286 g/mol. The zero-order valence-electron chi connectivity index (χ0n) is 12.7. The second-order valence-electron chi connectivity index (χ2n) is 5.18. The van der Waals surface area contributed by atoms with Crippen molar-refractivity contribution in [2.75, 3.05) is 18.5 Å². The molecule has 0 atom stereocenters. The van der Waals surface area contributed by atoms with E-state index in [0.29, 0.717) is 18.2 Å². The van der Waals surface area contributed by atoms with Crippen LogP contribution in [0.4, 0.5) is 10.5 Å². The molecule has 4 N–H and O–H groups in total. The van der Waals surface area contributed by atoms with E-state index in [1.54, 1.807) is 0 Å². The number of esters is 1. The van der Waals surface area contributed by atoms with Gasteiger partial charge in [-0.05, 0) is 36.6 Å². The van der Waals surface area contributed by atoms with Gasteiger partial charge in [0.2, 0.25) is 0 Å². The Morgan fingerprint density at radius 3 is 2.36 bits per heavy atom. The number of benzene rings is 1. The fourth-order valence-corrected chi connectivity index (χ4v) is 1.60. The highest BCUT2D eigenvalue weighted by Gasteiger charge is 2.10. The molecule has 0 spiro atoms. The first-order chi connectivity index (χ1) is 10.4. The maximum atomic E-state index is 11.8. The van der Waals surface area contributed by atoms with Crippen LogP contribution in [0, 0.1) is 5.92 Å². The van der Waals surface area contributed by atoms with Crippen LogP contribution in [0.25, 0.3) is 0 Å². The van der Waals surface area contributed by atoms with Crippen molar-refractivity contribution >= 4 is 23.6 Å².